The molecule has 0 fully saturated rings. The van der Waals surface area contributed by atoms with Crippen LogP contribution in [0, 0.1) is 10.1 Å². The summed E-state index contributed by atoms with van der Waals surface area (Å²) in [6.45, 7) is 0. The standard InChI is InChI=1S/C6H3BrClNO5S/c7-4-1-3(15(8,13)14)2-5(6(4)10)9(11)12/h1-2,10H. The van der Waals surface area contributed by atoms with Crippen molar-refractivity contribution in [2.45, 2.75) is 4.90 Å². The van der Waals surface area contributed by atoms with Crippen LogP contribution < -0.4 is 0 Å². The van der Waals surface area contributed by atoms with Gasteiger partial charge in [0.15, 0.2) is 0 Å². The van der Waals surface area contributed by atoms with Gasteiger partial charge in [-0.15, -0.1) is 0 Å². The number of nitro groups is 1. The highest BCUT2D eigenvalue weighted by Gasteiger charge is 2.22. The second-order valence-electron chi connectivity index (χ2n) is 2.47. The van der Waals surface area contributed by atoms with Gasteiger partial charge >= 0.3 is 5.69 Å². The molecule has 1 aromatic carbocycles. The Morgan fingerprint density at radius 1 is 1.47 bits per heavy atom. The Morgan fingerprint density at radius 2 is 2.00 bits per heavy atom. The highest BCUT2D eigenvalue weighted by molar-refractivity contribution is 9.10. The first-order chi connectivity index (χ1) is 6.73. The van der Waals surface area contributed by atoms with Gasteiger partial charge in [0.1, 0.15) is 0 Å². The summed E-state index contributed by atoms with van der Waals surface area (Å²) in [5.74, 6) is -0.649. The summed E-state index contributed by atoms with van der Waals surface area (Å²) in [5.41, 5.74) is -0.733. The minimum absolute atomic E-state index is 0.115. The van der Waals surface area contributed by atoms with E-state index >= 15 is 0 Å². The van der Waals surface area contributed by atoms with Crippen molar-refractivity contribution in [3.05, 3.63) is 26.7 Å². The Balaban J connectivity index is 3.57. The number of aromatic hydroxyl groups is 1. The fraction of sp³-hybridized carbons (Fsp3) is 0. The molecule has 0 aliphatic rings. The molecule has 82 valence electrons. The molecular formula is C6H3BrClNO5S. The second-order valence-corrected chi connectivity index (χ2v) is 5.89. The molecule has 0 radical (unpaired) electrons. The van der Waals surface area contributed by atoms with E-state index in [0.29, 0.717) is 6.07 Å². The molecule has 0 aromatic heterocycles. The fourth-order valence-corrected chi connectivity index (χ4v) is 2.22. The molecule has 0 spiro atoms. The van der Waals surface area contributed by atoms with Crippen molar-refractivity contribution >= 4 is 41.4 Å². The van der Waals surface area contributed by atoms with Crippen LogP contribution in [-0.4, -0.2) is 18.4 Å². The topological polar surface area (TPSA) is 97.5 Å². The van der Waals surface area contributed by atoms with Crippen LogP contribution in [-0.2, 0) is 9.05 Å². The number of phenols is 1. The minimum Gasteiger partial charge on any atom is -0.501 e. The zero-order valence-electron chi connectivity index (χ0n) is 6.85. The molecule has 1 aromatic rings. The molecule has 0 amide bonds. The molecule has 15 heavy (non-hydrogen) atoms. The first-order valence-corrected chi connectivity index (χ1v) is 6.45. The van der Waals surface area contributed by atoms with Crippen molar-refractivity contribution in [2.75, 3.05) is 0 Å². The zero-order chi connectivity index (χ0) is 11.8. The summed E-state index contributed by atoms with van der Waals surface area (Å²) in [6, 6.07) is 1.66. The van der Waals surface area contributed by atoms with Gasteiger partial charge in [0.05, 0.1) is 14.3 Å². The zero-order valence-corrected chi connectivity index (χ0v) is 10.0. The van der Waals surface area contributed by atoms with Crippen LogP contribution in [0.25, 0.3) is 0 Å². The maximum Gasteiger partial charge on any atom is 0.313 e. The van der Waals surface area contributed by atoms with Crippen LogP contribution in [0.3, 0.4) is 0 Å². The number of hydrogen-bond donors (Lipinski definition) is 1. The Hall–Kier alpha value is -0.860. The number of phenolic OH excluding ortho intramolecular Hbond substituents is 1. The quantitative estimate of drug-likeness (QED) is 0.511. The average Bonchev–Trinajstić information content (AvgIpc) is 2.06. The lowest BCUT2D eigenvalue weighted by molar-refractivity contribution is -0.386. The van der Waals surface area contributed by atoms with Crippen LogP contribution in [0.2, 0.25) is 0 Å². The maximum atomic E-state index is 10.9. The number of nitrogens with zero attached hydrogens (tertiary/aromatic N) is 1. The molecule has 9 heteroatoms. The van der Waals surface area contributed by atoms with E-state index in [1.807, 2.05) is 0 Å². The van der Waals surface area contributed by atoms with E-state index in [-0.39, 0.29) is 4.47 Å². The Bertz CT molecular complexity index is 529. The van der Waals surface area contributed by atoms with E-state index in [9.17, 15) is 23.6 Å². The van der Waals surface area contributed by atoms with Gasteiger partial charge in [-0.25, -0.2) is 8.42 Å². The summed E-state index contributed by atoms with van der Waals surface area (Å²) in [5, 5.41) is 19.7. The summed E-state index contributed by atoms with van der Waals surface area (Å²) in [7, 11) is 0.935. The summed E-state index contributed by atoms with van der Waals surface area (Å²) < 4.78 is 21.7. The fourth-order valence-electron chi connectivity index (χ4n) is 0.840. The lowest BCUT2D eigenvalue weighted by atomic mass is 10.3. The number of hydrogen-bond acceptors (Lipinski definition) is 5. The number of halogens is 2. The van der Waals surface area contributed by atoms with Crippen LogP contribution >= 0.6 is 26.6 Å². The second kappa shape index (κ2) is 3.95. The number of rotatable bonds is 2. The molecule has 0 heterocycles. The largest absolute Gasteiger partial charge is 0.501 e. The first kappa shape index (κ1) is 12.2. The van der Waals surface area contributed by atoms with Gasteiger partial charge in [0, 0.05) is 16.7 Å². The van der Waals surface area contributed by atoms with Gasteiger partial charge in [-0.1, -0.05) is 0 Å². The van der Waals surface area contributed by atoms with E-state index < -0.39 is 30.3 Å². The summed E-state index contributed by atoms with van der Waals surface area (Å²) >= 11 is 2.78. The van der Waals surface area contributed by atoms with E-state index in [1.165, 1.54) is 0 Å². The van der Waals surface area contributed by atoms with E-state index in [4.69, 9.17) is 10.7 Å². The van der Waals surface area contributed by atoms with Crippen LogP contribution in [0.4, 0.5) is 5.69 Å². The highest BCUT2D eigenvalue weighted by atomic mass is 79.9. The molecule has 0 unspecified atom stereocenters. The van der Waals surface area contributed by atoms with E-state index in [2.05, 4.69) is 15.9 Å². The van der Waals surface area contributed by atoms with Crippen molar-refractivity contribution in [2.24, 2.45) is 0 Å². The van der Waals surface area contributed by atoms with Gasteiger partial charge in [0.2, 0.25) is 5.75 Å². The van der Waals surface area contributed by atoms with E-state index in [1.54, 1.807) is 0 Å². The highest BCUT2D eigenvalue weighted by Crippen LogP contribution is 2.36. The molecule has 0 atom stereocenters. The minimum atomic E-state index is -4.07. The van der Waals surface area contributed by atoms with Crippen LogP contribution in [0.15, 0.2) is 21.5 Å². The third-order valence-electron chi connectivity index (χ3n) is 1.50. The molecule has 1 rings (SSSR count). The molecule has 1 N–H and O–H groups in total. The van der Waals surface area contributed by atoms with Gasteiger partial charge in [-0.3, -0.25) is 10.1 Å². The molecular weight excluding hydrogens is 313 g/mol. The van der Waals surface area contributed by atoms with Crippen molar-refractivity contribution in [1.29, 1.82) is 0 Å². The molecule has 0 bridgehead atoms. The Morgan fingerprint density at radius 3 is 2.40 bits per heavy atom. The molecule has 0 aliphatic heterocycles. The van der Waals surface area contributed by atoms with E-state index in [0.717, 1.165) is 6.07 Å². The SMILES string of the molecule is O=[N+]([O-])c1cc(S(=O)(=O)Cl)cc(Br)c1O. The summed E-state index contributed by atoms with van der Waals surface area (Å²) in [6.07, 6.45) is 0. The lowest BCUT2D eigenvalue weighted by Gasteiger charge is -2.01. The van der Waals surface area contributed by atoms with Crippen LogP contribution in [0.5, 0.6) is 5.75 Å². The molecule has 6 nitrogen and oxygen atoms in total. The predicted octanol–water partition coefficient (Wildman–Crippen LogP) is 1.99. The third kappa shape index (κ3) is 2.58. The normalized spacial score (nSPS) is 11.3. The van der Waals surface area contributed by atoms with Crippen LogP contribution in [0.1, 0.15) is 0 Å². The first-order valence-electron chi connectivity index (χ1n) is 3.35. The maximum absolute atomic E-state index is 10.9. The van der Waals surface area contributed by atoms with Crippen molar-refractivity contribution in [3.63, 3.8) is 0 Å². The monoisotopic (exact) mass is 315 g/mol. The number of benzene rings is 1. The van der Waals surface area contributed by atoms with Crippen molar-refractivity contribution in [3.8, 4) is 5.75 Å². The predicted molar refractivity (Wildman–Crippen MR) is 55.5 cm³/mol. The van der Waals surface area contributed by atoms with Gasteiger partial charge in [0.25, 0.3) is 9.05 Å². The molecule has 0 aliphatic carbocycles. The van der Waals surface area contributed by atoms with Gasteiger partial charge in [-0.2, -0.15) is 0 Å². The smallest absolute Gasteiger partial charge is 0.313 e. The van der Waals surface area contributed by atoms with Gasteiger partial charge < -0.3 is 5.11 Å². The number of nitro benzene ring substituents is 1. The molecule has 0 saturated heterocycles. The Kier molecular flexibility index (Phi) is 3.22. The van der Waals surface area contributed by atoms with Crippen molar-refractivity contribution in [1.82, 2.24) is 0 Å². The van der Waals surface area contributed by atoms with Crippen molar-refractivity contribution < 1.29 is 18.4 Å². The summed E-state index contributed by atoms with van der Waals surface area (Å²) in [4.78, 5) is 9.07. The van der Waals surface area contributed by atoms with Gasteiger partial charge in [-0.05, 0) is 22.0 Å². The third-order valence-corrected chi connectivity index (χ3v) is 3.43. The lowest BCUT2D eigenvalue weighted by Crippen LogP contribution is -1.95. The Labute approximate surface area is 97.2 Å². The molecule has 0 saturated carbocycles. The average molecular weight is 317 g/mol.